The van der Waals surface area contributed by atoms with Crippen molar-refractivity contribution < 1.29 is 14.6 Å². The number of pyridine rings is 2. The van der Waals surface area contributed by atoms with Gasteiger partial charge in [-0.2, -0.15) is 10.2 Å². The van der Waals surface area contributed by atoms with Crippen LogP contribution in [0.15, 0.2) is 55.0 Å². The summed E-state index contributed by atoms with van der Waals surface area (Å²) in [7, 11) is 3.22. The summed E-state index contributed by atoms with van der Waals surface area (Å²) in [6, 6.07) is 11.5. The Labute approximate surface area is 198 Å². The van der Waals surface area contributed by atoms with E-state index in [0.717, 1.165) is 39.1 Å². The fourth-order valence-electron chi connectivity index (χ4n) is 4.64. The molecule has 1 aromatic carbocycles. The van der Waals surface area contributed by atoms with E-state index in [2.05, 4.69) is 33.1 Å². The monoisotopic (exact) mass is 457 g/mol. The summed E-state index contributed by atoms with van der Waals surface area (Å²) < 4.78 is 10.9. The van der Waals surface area contributed by atoms with E-state index in [9.17, 15) is 5.11 Å². The van der Waals surface area contributed by atoms with E-state index in [-0.39, 0.29) is 0 Å². The summed E-state index contributed by atoms with van der Waals surface area (Å²) in [5, 5.41) is 20.5. The topological polar surface area (TPSA) is 93.5 Å². The van der Waals surface area contributed by atoms with Crippen molar-refractivity contribution in [1.82, 2.24) is 20.2 Å². The number of hydrogen-bond donors (Lipinski definition) is 1. The van der Waals surface area contributed by atoms with Gasteiger partial charge in [0, 0.05) is 48.1 Å². The molecule has 1 aliphatic heterocycles. The number of aryl methyl sites for hydroxylation is 1. The minimum atomic E-state index is -0.895. The first kappa shape index (κ1) is 22.0. The zero-order valence-corrected chi connectivity index (χ0v) is 19.5. The molecule has 1 aliphatic rings. The lowest BCUT2D eigenvalue weighted by Gasteiger charge is -2.38. The summed E-state index contributed by atoms with van der Waals surface area (Å²) >= 11 is 0. The van der Waals surface area contributed by atoms with Gasteiger partial charge in [0.2, 0.25) is 0 Å². The van der Waals surface area contributed by atoms with E-state index in [1.54, 1.807) is 26.6 Å². The number of anilines is 1. The van der Waals surface area contributed by atoms with Crippen molar-refractivity contribution in [1.29, 1.82) is 0 Å². The summed E-state index contributed by atoms with van der Waals surface area (Å²) in [5.41, 5.74) is 3.51. The molecule has 34 heavy (non-hydrogen) atoms. The van der Waals surface area contributed by atoms with Crippen LogP contribution in [0.1, 0.15) is 24.1 Å². The van der Waals surface area contributed by atoms with Gasteiger partial charge in [0.1, 0.15) is 11.4 Å². The summed E-state index contributed by atoms with van der Waals surface area (Å²) in [5.74, 6) is 2.18. The number of aliphatic hydroxyl groups is 1. The number of rotatable bonds is 5. The number of ether oxygens (including phenoxy) is 2. The highest BCUT2D eigenvalue weighted by molar-refractivity contribution is 5.95. The maximum absolute atomic E-state index is 11.1. The molecule has 5 rings (SSSR count). The second kappa shape index (κ2) is 8.87. The molecule has 1 fully saturated rings. The average molecular weight is 458 g/mol. The third-order valence-electron chi connectivity index (χ3n) is 6.54. The predicted molar refractivity (Wildman–Crippen MR) is 130 cm³/mol. The van der Waals surface area contributed by atoms with Gasteiger partial charge >= 0.3 is 0 Å². The van der Waals surface area contributed by atoms with Crippen molar-refractivity contribution in [3.8, 4) is 22.6 Å². The van der Waals surface area contributed by atoms with Crippen LogP contribution in [-0.2, 0) is 5.60 Å². The molecule has 0 bridgehead atoms. The second-order valence-electron chi connectivity index (χ2n) is 8.58. The van der Waals surface area contributed by atoms with Gasteiger partial charge in [0.25, 0.3) is 0 Å². The highest BCUT2D eigenvalue weighted by Crippen LogP contribution is 2.37. The van der Waals surface area contributed by atoms with Gasteiger partial charge in [0.15, 0.2) is 11.5 Å². The highest BCUT2D eigenvalue weighted by atomic mass is 16.5. The minimum Gasteiger partial charge on any atom is -0.493 e. The SMILES string of the molecule is COc1cc2nncc(-c3cnc(N4CCC(O)(c5ccccn5)CC4)c(C)c3)c2cc1OC. The third-order valence-corrected chi connectivity index (χ3v) is 6.54. The van der Waals surface area contributed by atoms with Gasteiger partial charge in [-0.25, -0.2) is 4.98 Å². The lowest BCUT2D eigenvalue weighted by molar-refractivity contribution is 0.00748. The van der Waals surface area contributed by atoms with Crippen molar-refractivity contribution >= 4 is 16.7 Å². The van der Waals surface area contributed by atoms with E-state index in [1.807, 2.05) is 36.5 Å². The Morgan fingerprint density at radius 3 is 2.41 bits per heavy atom. The normalized spacial score (nSPS) is 15.4. The predicted octanol–water partition coefficient (Wildman–Crippen LogP) is 3.90. The molecular formula is C26H27N5O3. The lowest BCUT2D eigenvalue weighted by atomic mass is 9.87. The van der Waals surface area contributed by atoms with Crippen LogP contribution in [0.25, 0.3) is 22.0 Å². The van der Waals surface area contributed by atoms with Gasteiger partial charge in [-0.05, 0) is 49.6 Å². The standard InChI is InChI=1S/C26H27N5O3/c1-17-12-18(20-16-29-30-21-14-23(34-3)22(33-2)13-19(20)21)15-28-25(17)31-10-7-26(32,8-11-31)24-6-4-5-9-27-24/h4-6,9,12-16,32H,7-8,10-11H2,1-3H3. The Morgan fingerprint density at radius 2 is 1.74 bits per heavy atom. The van der Waals surface area contributed by atoms with E-state index in [4.69, 9.17) is 14.5 Å². The molecule has 8 heteroatoms. The van der Waals surface area contributed by atoms with Gasteiger partial charge in [-0.3, -0.25) is 4.98 Å². The Balaban J connectivity index is 1.42. The second-order valence-corrected chi connectivity index (χ2v) is 8.58. The minimum absolute atomic E-state index is 0.605. The number of piperidine rings is 1. The summed E-state index contributed by atoms with van der Waals surface area (Å²) in [4.78, 5) is 11.4. The van der Waals surface area contributed by atoms with Crippen LogP contribution < -0.4 is 14.4 Å². The molecule has 0 spiro atoms. The van der Waals surface area contributed by atoms with Crippen molar-refractivity contribution in [3.63, 3.8) is 0 Å². The van der Waals surface area contributed by atoms with Crippen LogP contribution >= 0.6 is 0 Å². The number of hydrogen-bond acceptors (Lipinski definition) is 8. The molecule has 4 aromatic rings. The molecule has 0 atom stereocenters. The summed E-state index contributed by atoms with van der Waals surface area (Å²) in [6.07, 6.45) is 6.56. The maximum atomic E-state index is 11.1. The first-order chi connectivity index (χ1) is 16.5. The first-order valence-electron chi connectivity index (χ1n) is 11.3. The zero-order chi connectivity index (χ0) is 23.7. The molecule has 0 radical (unpaired) electrons. The molecule has 174 valence electrons. The molecule has 8 nitrogen and oxygen atoms in total. The molecule has 1 N–H and O–H groups in total. The fourth-order valence-corrected chi connectivity index (χ4v) is 4.64. The molecule has 4 heterocycles. The molecule has 1 saturated heterocycles. The molecule has 0 unspecified atom stereocenters. The quantitative estimate of drug-likeness (QED) is 0.482. The molecule has 0 saturated carbocycles. The van der Waals surface area contributed by atoms with Crippen LogP contribution in [0.5, 0.6) is 11.5 Å². The van der Waals surface area contributed by atoms with Gasteiger partial charge in [-0.1, -0.05) is 6.07 Å². The van der Waals surface area contributed by atoms with Crippen LogP contribution in [0.2, 0.25) is 0 Å². The van der Waals surface area contributed by atoms with Gasteiger partial charge in [0.05, 0.1) is 31.6 Å². The number of aromatic nitrogens is 4. The van der Waals surface area contributed by atoms with E-state index < -0.39 is 5.60 Å². The van der Waals surface area contributed by atoms with E-state index in [1.165, 1.54) is 0 Å². The van der Waals surface area contributed by atoms with Crippen molar-refractivity contribution in [2.24, 2.45) is 0 Å². The maximum Gasteiger partial charge on any atom is 0.162 e. The van der Waals surface area contributed by atoms with E-state index in [0.29, 0.717) is 37.4 Å². The van der Waals surface area contributed by atoms with Crippen LogP contribution in [0, 0.1) is 6.92 Å². The Kier molecular flexibility index (Phi) is 5.75. The van der Waals surface area contributed by atoms with Crippen LogP contribution in [-0.4, -0.2) is 52.6 Å². The van der Waals surface area contributed by atoms with Gasteiger partial charge in [-0.15, -0.1) is 0 Å². The smallest absolute Gasteiger partial charge is 0.162 e. The fraction of sp³-hybridized carbons (Fsp3) is 0.308. The zero-order valence-electron chi connectivity index (χ0n) is 19.5. The number of benzene rings is 1. The van der Waals surface area contributed by atoms with Crippen LogP contribution in [0.4, 0.5) is 5.82 Å². The van der Waals surface area contributed by atoms with Gasteiger partial charge < -0.3 is 19.5 Å². The van der Waals surface area contributed by atoms with Crippen molar-refractivity contribution in [3.05, 3.63) is 66.2 Å². The number of fused-ring (bicyclic) bond motifs is 1. The van der Waals surface area contributed by atoms with Crippen molar-refractivity contribution in [2.75, 3.05) is 32.2 Å². The molecular weight excluding hydrogens is 430 g/mol. The molecule has 0 aliphatic carbocycles. The third kappa shape index (κ3) is 3.90. The Morgan fingerprint density at radius 1 is 0.971 bits per heavy atom. The van der Waals surface area contributed by atoms with E-state index >= 15 is 0 Å². The molecule has 3 aromatic heterocycles. The Hall–Kier alpha value is -3.78. The Bertz CT molecular complexity index is 1320. The van der Waals surface area contributed by atoms with Crippen molar-refractivity contribution in [2.45, 2.75) is 25.4 Å². The number of nitrogens with zero attached hydrogens (tertiary/aromatic N) is 5. The lowest BCUT2D eigenvalue weighted by Crippen LogP contribution is -2.43. The van der Waals surface area contributed by atoms with Crippen LogP contribution in [0.3, 0.4) is 0 Å². The largest absolute Gasteiger partial charge is 0.493 e. The summed E-state index contributed by atoms with van der Waals surface area (Å²) in [6.45, 7) is 3.47. The first-order valence-corrected chi connectivity index (χ1v) is 11.3. The highest BCUT2D eigenvalue weighted by Gasteiger charge is 2.35. The number of methoxy groups -OCH3 is 2. The average Bonchev–Trinajstić information content (AvgIpc) is 2.88. The molecule has 0 amide bonds.